The lowest BCUT2D eigenvalue weighted by Gasteiger charge is -2.23. The van der Waals surface area contributed by atoms with Crippen LogP contribution in [0.15, 0.2) is 12.2 Å². The molecule has 0 aromatic carbocycles. The molecule has 98 valence electrons. The Labute approximate surface area is 107 Å². The van der Waals surface area contributed by atoms with Crippen molar-refractivity contribution in [2.24, 2.45) is 0 Å². The minimum Gasteiger partial charge on any atom is -0.480 e. The van der Waals surface area contributed by atoms with Crippen LogP contribution in [0.5, 0.6) is 0 Å². The lowest BCUT2D eigenvalue weighted by atomic mass is 10.2. The van der Waals surface area contributed by atoms with Crippen molar-refractivity contribution in [3.63, 3.8) is 0 Å². The van der Waals surface area contributed by atoms with Crippen molar-refractivity contribution < 1.29 is 14.7 Å². The van der Waals surface area contributed by atoms with Gasteiger partial charge in [-0.3, -0.25) is 9.59 Å². The Hall–Kier alpha value is -0.970. The number of amides is 1. The first-order valence-electron chi connectivity index (χ1n) is 5.50. The summed E-state index contributed by atoms with van der Waals surface area (Å²) < 4.78 is -0.932. The van der Waals surface area contributed by atoms with Gasteiger partial charge in [-0.25, -0.2) is 0 Å². The maximum atomic E-state index is 11.9. The zero-order valence-corrected chi connectivity index (χ0v) is 11.8. The molecule has 0 saturated heterocycles. The largest absolute Gasteiger partial charge is 0.480 e. The van der Waals surface area contributed by atoms with Crippen molar-refractivity contribution in [1.29, 1.82) is 0 Å². The average Bonchev–Trinajstić information content (AvgIpc) is 2.22. The van der Waals surface area contributed by atoms with Gasteiger partial charge in [0.2, 0.25) is 5.91 Å². The number of carbonyl (C=O) groups is 2. The molecule has 4 nitrogen and oxygen atoms in total. The fourth-order valence-electron chi connectivity index (χ4n) is 1.10. The topological polar surface area (TPSA) is 57.6 Å². The predicted molar refractivity (Wildman–Crippen MR) is 71.2 cm³/mol. The highest BCUT2D eigenvalue weighted by Gasteiger charge is 2.29. The van der Waals surface area contributed by atoms with Gasteiger partial charge in [-0.15, -0.1) is 11.8 Å². The van der Waals surface area contributed by atoms with Gasteiger partial charge in [0.15, 0.2) is 0 Å². The summed E-state index contributed by atoms with van der Waals surface area (Å²) in [7, 11) is 0. The van der Waals surface area contributed by atoms with E-state index in [0.717, 1.165) is 17.3 Å². The third kappa shape index (κ3) is 5.77. The number of hydrogen-bond acceptors (Lipinski definition) is 3. The maximum Gasteiger partial charge on any atom is 0.319 e. The molecule has 0 fully saturated rings. The number of carboxylic acids is 1. The Bertz CT molecular complexity index is 313. The molecule has 0 saturated carbocycles. The molecule has 0 bridgehead atoms. The van der Waals surface area contributed by atoms with E-state index >= 15 is 0 Å². The average molecular weight is 259 g/mol. The number of likely N-dealkylation sites (N-methyl/N-ethyl adjacent to an activating group) is 1. The molecule has 1 N–H and O–H groups in total. The van der Waals surface area contributed by atoms with Gasteiger partial charge < -0.3 is 10.0 Å². The van der Waals surface area contributed by atoms with Crippen molar-refractivity contribution in [2.75, 3.05) is 18.8 Å². The molecule has 17 heavy (non-hydrogen) atoms. The minimum atomic E-state index is -0.932. The quantitative estimate of drug-likeness (QED) is 0.711. The molecule has 1 amide bonds. The first-order valence-corrected chi connectivity index (χ1v) is 6.48. The lowest BCUT2D eigenvalue weighted by Crippen LogP contribution is -2.36. The number of hydrogen-bond donors (Lipinski definition) is 1. The highest BCUT2D eigenvalue weighted by Crippen LogP contribution is 2.24. The Morgan fingerprint density at radius 1 is 1.41 bits per heavy atom. The fourth-order valence-corrected chi connectivity index (χ4v) is 1.89. The number of thioether (sulfide) groups is 1. The molecule has 0 aliphatic carbocycles. The van der Waals surface area contributed by atoms with Gasteiger partial charge in [0.25, 0.3) is 0 Å². The maximum absolute atomic E-state index is 11.9. The first-order chi connectivity index (χ1) is 7.70. The van der Waals surface area contributed by atoms with Crippen LogP contribution in [0.25, 0.3) is 0 Å². The summed E-state index contributed by atoms with van der Waals surface area (Å²) >= 11 is 1.15. The molecule has 0 aliphatic heterocycles. The van der Waals surface area contributed by atoms with Gasteiger partial charge in [0.05, 0.1) is 5.75 Å². The second-order valence-corrected chi connectivity index (χ2v) is 6.07. The smallest absolute Gasteiger partial charge is 0.319 e. The van der Waals surface area contributed by atoms with Crippen LogP contribution in [0.1, 0.15) is 27.7 Å². The van der Waals surface area contributed by atoms with E-state index in [9.17, 15) is 9.59 Å². The third-order valence-corrected chi connectivity index (χ3v) is 3.55. The molecule has 0 heterocycles. The van der Waals surface area contributed by atoms with E-state index in [1.165, 1.54) is 0 Å². The summed E-state index contributed by atoms with van der Waals surface area (Å²) in [6.45, 7) is 11.9. The van der Waals surface area contributed by atoms with Gasteiger partial charge in [-0.1, -0.05) is 12.2 Å². The standard InChI is InChI=1S/C12H21NO3S/c1-6-13(7-9(2)3)10(14)8-17-12(4,5)11(15)16/h2,6-8H2,1,3-5H3,(H,15,16). The Morgan fingerprint density at radius 2 is 1.94 bits per heavy atom. The van der Waals surface area contributed by atoms with Gasteiger partial charge in [-0.2, -0.15) is 0 Å². The van der Waals surface area contributed by atoms with Gasteiger partial charge in [0.1, 0.15) is 4.75 Å². The second-order valence-electron chi connectivity index (χ2n) is 4.47. The van der Waals surface area contributed by atoms with E-state index in [1.54, 1.807) is 18.7 Å². The highest BCUT2D eigenvalue weighted by molar-refractivity contribution is 8.01. The van der Waals surface area contributed by atoms with Crippen molar-refractivity contribution >= 4 is 23.6 Å². The summed E-state index contributed by atoms with van der Waals surface area (Å²) in [6.07, 6.45) is 0. The van der Waals surface area contributed by atoms with E-state index in [-0.39, 0.29) is 11.7 Å². The Balaban J connectivity index is 4.34. The molecule has 0 aromatic rings. The summed E-state index contributed by atoms with van der Waals surface area (Å²) in [5, 5.41) is 8.94. The third-order valence-electron chi connectivity index (χ3n) is 2.27. The number of carbonyl (C=O) groups excluding carboxylic acids is 1. The Morgan fingerprint density at radius 3 is 2.29 bits per heavy atom. The normalized spacial score (nSPS) is 11.1. The molecule has 5 heteroatoms. The van der Waals surface area contributed by atoms with E-state index in [1.807, 2.05) is 13.8 Å². The first kappa shape index (κ1) is 16.0. The molecule has 0 radical (unpaired) electrons. The van der Waals surface area contributed by atoms with E-state index in [4.69, 9.17) is 5.11 Å². The number of aliphatic carboxylic acids is 1. The number of carboxylic acid groups (broad SMARTS) is 1. The second kappa shape index (κ2) is 6.69. The summed E-state index contributed by atoms with van der Waals surface area (Å²) in [6, 6.07) is 0. The highest BCUT2D eigenvalue weighted by atomic mass is 32.2. The predicted octanol–water partition coefficient (Wildman–Crippen LogP) is 2.01. The van der Waals surface area contributed by atoms with E-state index in [2.05, 4.69) is 6.58 Å². The summed E-state index contributed by atoms with van der Waals surface area (Å²) in [4.78, 5) is 24.4. The number of rotatable bonds is 7. The van der Waals surface area contributed by atoms with Crippen LogP contribution in [-0.4, -0.2) is 45.5 Å². The molecular weight excluding hydrogens is 238 g/mol. The minimum absolute atomic E-state index is 0.0465. The van der Waals surface area contributed by atoms with Crippen LogP contribution in [0, 0.1) is 0 Å². The van der Waals surface area contributed by atoms with E-state index < -0.39 is 10.7 Å². The van der Waals surface area contributed by atoms with Crippen LogP contribution in [-0.2, 0) is 9.59 Å². The van der Waals surface area contributed by atoms with Crippen molar-refractivity contribution in [1.82, 2.24) is 4.90 Å². The van der Waals surface area contributed by atoms with Crippen LogP contribution < -0.4 is 0 Å². The van der Waals surface area contributed by atoms with Gasteiger partial charge in [-0.05, 0) is 27.7 Å². The van der Waals surface area contributed by atoms with Crippen molar-refractivity contribution in [3.05, 3.63) is 12.2 Å². The lowest BCUT2D eigenvalue weighted by molar-refractivity contribution is -0.138. The fraction of sp³-hybridized carbons (Fsp3) is 0.667. The molecule has 0 aliphatic rings. The molecular formula is C12H21NO3S. The Kier molecular flexibility index (Phi) is 6.31. The summed E-state index contributed by atoms with van der Waals surface area (Å²) in [5.41, 5.74) is 0.919. The molecule has 0 unspecified atom stereocenters. The van der Waals surface area contributed by atoms with Crippen molar-refractivity contribution in [2.45, 2.75) is 32.4 Å². The number of nitrogens with zero attached hydrogens (tertiary/aromatic N) is 1. The molecule has 0 rings (SSSR count). The van der Waals surface area contributed by atoms with Crippen LogP contribution in [0.4, 0.5) is 0 Å². The monoisotopic (exact) mass is 259 g/mol. The van der Waals surface area contributed by atoms with Crippen LogP contribution in [0.3, 0.4) is 0 Å². The van der Waals surface area contributed by atoms with Crippen LogP contribution >= 0.6 is 11.8 Å². The zero-order chi connectivity index (χ0) is 13.6. The van der Waals surface area contributed by atoms with Gasteiger partial charge >= 0.3 is 5.97 Å². The molecule has 0 spiro atoms. The van der Waals surface area contributed by atoms with Crippen molar-refractivity contribution in [3.8, 4) is 0 Å². The zero-order valence-electron chi connectivity index (χ0n) is 10.9. The molecule has 0 atom stereocenters. The van der Waals surface area contributed by atoms with Gasteiger partial charge in [0, 0.05) is 13.1 Å². The molecule has 0 aromatic heterocycles. The summed E-state index contributed by atoms with van der Waals surface area (Å²) in [5.74, 6) is -0.770. The SMILES string of the molecule is C=C(C)CN(CC)C(=O)CSC(C)(C)C(=O)O. The van der Waals surface area contributed by atoms with Crippen LogP contribution in [0.2, 0.25) is 0 Å². The van der Waals surface area contributed by atoms with E-state index in [0.29, 0.717) is 13.1 Å².